The van der Waals surface area contributed by atoms with Crippen molar-refractivity contribution in [2.45, 2.75) is 57.3 Å². The third kappa shape index (κ3) is 2.91. The lowest BCUT2D eigenvalue weighted by Crippen LogP contribution is -2.44. The SMILES string of the molecule is CC(=O)O[C@@H]1[C@H]2OC(C)(C)O[C@H]2O[C@@H]1[C@H]1COS(=O)(=O)O1. The highest BCUT2D eigenvalue weighted by molar-refractivity contribution is 7.82. The van der Waals surface area contributed by atoms with E-state index in [2.05, 4.69) is 4.18 Å². The van der Waals surface area contributed by atoms with Crippen LogP contribution in [0.15, 0.2) is 0 Å². The summed E-state index contributed by atoms with van der Waals surface area (Å²) >= 11 is 0. The molecule has 0 aromatic carbocycles. The predicted octanol–water partition coefficient (Wildman–Crippen LogP) is -0.545. The smallest absolute Gasteiger partial charge is 0.400 e. The normalized spacial score (nSPS) is 43.7. The molecule has 3 aliphatic rings. The second-order valence-electron chi connectivity index (χ2n) is 5.47. The molecule has 120 valence electrons. The lowest BCUT2D eigenvalue weighted by Gasteiger charge is -2.26. The van der Waals surface area contributed by atoms with Crippen LogP contribution in [0.2, 0.25) is 0 Å². The molecular formula is C11H16O9S. The molecule has 0 radical (unpaired) electrons. The predicted molar refractivity (Wildman–Crippen MR) is 64.0 cm³/mol. The average molecular weight is 324 g/mol. The lowest BCUT2D eigenvalue weighted by atomic mass is 10.1. The van der Waals surface area contributed by atoms with Gasteiger partial charge in [-0.05, 0) is 13.8 Å². The first kappa shape index (κ1) is 15.1. The van der Waals surface area contributed by atoms with Gasteiger partial charge >= 0.3 is 16.4 Å². The van der Waals surface area contributed by atoms with Crippen molar-refractivity contribution in [1.29, 1.82) is 0 Å². The molecule has 0 aromatic heterocycles. The molecule has 9 nitrogen and oxygen atoms in total. The summed E-state index contributed by atoms with van der Waals surface area (Å²) in [5.41, 5.74) is 0. The van der Waals surface area contributed by atoms with Gasteiger partial charge in [-0.15, -0.1) is 0 Å². The van der Waals surface area contributed by atoms with Gasteiger partial charge < -0.3 is 18.9 Å². The molecule has 0 aromatic rings. The van der Waals surface area contributed by atoms with Crippen LogP contribution in [0, 0.1) is 0 Å². The molecule has 10 heteroatoms. The summed E-state index contributed by atoms with van der Waals surface area (Å²) in [6.07, 6.45) is -4.02. The first-order valence-corrected chi connectivity index (χ1v) is 7.76. The van der Waals surface area contributed by atoms with Gasteiger partial charge in [-0.2, -0.15) is 8.42 Å². The van der Waals surface area contributed by atoms with Gasteiger partial charge in [0, 0.05) is 6.92 Å². The quantitative estimate of drug-likeness (QED) is 0.619. The van der Waals surface area contributed by atoms with E-state index in [0.717, 1.165) is 0 Å². The molecule has 21 heavy (non-hydrogen) atoms. The molecule has 3 fully saturated rings. The van der Waals surface area contributed by atoms with Gasteiger partial charge in [0.1, 0.15) is 12.2 Å². The van der Waals surface area contributed by atoms with Gasteiger partial charge in [0.15, 0.2) is 24.3 Å². The summed E-state index contributed by atoms with van der Waals surface area (Å²) in [7, 11) is -4.03. The zero-order chi connectivity index (χ0) is 15.4. The average Bonchev–Trinajstić information content (AvgIpc) is 2.90. The summed E-state index contributed by atoms with van der Waals surface area (Å²) in [5, 5.41) is 0. The number of rotatable bonds is 2. The topological polar surface area (TPSA) is 107 Å². The van der Waals surface area contributed by atoms with Crippen molar-refractivity contribution in [1.82, 2.24) is 0 Å². The third-order valence-corrected chi connectivity index (χ3v) is 4.22. The third-order valence-electron chi connectivity index (χ3n) is 3.31. The van der Waals surface area contributed by atoms with E-state index in [-0.39, 0.29) is 6.61 Å². The Morgan fingerprint density at radius 3 is 2.52 bits per heavy atom. The molecular weight excluding hydrogens is 308 g/mol. The Morgan fingerprint density at radius 1 is 1.24 bits per heavy atom. The van der Waals surface area contributed by atoms with Crippen LogP contribution in [0.5, 0.6) is 0 Å². The first-order chi connectivity index (χ1) is 9.67. The van der Waals surface area contributed by atoms with Gasteiger partial charge in [0.25, 0.3) is 0 Å². The molecule has 0 unspecified atom stereocenters. The van der Waals surface area contributed by atoms with E-state index in [9.17, 15) is 13.2 Å². The number of ether oxygens (including phenoxy) is 4. The molecule has 0 saturated carbocycles. The number of carbonyl (C=O) groups is 1. The Hall–Kier alpha value is -0.780. The van der Waals surface area contributed by atoms with Crippen LogP contribution in [0.25, 0.3) is 0 Å². The van der Waals surface area contributed by atoms with Crippen LogP contribution in [-0.4, -0.2) is 57.5 Å². The van der Waals surface area contributed by atoms with Gasteiger partial charge in [-0.1, -0.05) is 0 Å². The monoisotopic (exact) mass is 324 g/mol. The molecule has 0 bridgehead atoms. The first-order valence-electron chi connectivity index (χ1n) is 6.43. The molecule has 5 atom stereocenters. The van der Waals surface area contributed by atoms with E-state index >= 15 is 0 Å². The van der Waals surface area contributed by atoms with Crippen molar-refractivity contribution in [2.24, 2.45) is 0 Å². The fourth-order valence-corrected chi connectivity index (χ4v) is 3.46. The van der Waals surface area contributed by atoms with E-state index in [4.69, 9.17) is 23.1 Å². The van der Waals surface area contributed by atoms with E-state index in [0.29, 0.717) is 0 Å². The number of carbonyl (C=O) groups excluding carboxylic acids is 1. The highest BCUT2D eigenvalue weighted by Gasteiger charge is 2.59. The highest BCUT2D eigenvalue weighted by Crippen LogP contribution is 2.41. The van der Waals surface area contributed by atoms with Crippen LogP contribution in [0.4, 0.5) is 0 Å². The van der Waals surface area contributed by atoms with Crippen molar-refractivity contribution in [2.75, 3.05) is 6.61 Å². The summed E-state index contributed by atoms with van der Waals surface area (Å²) in [6.45, 7) is 4.43. The maximum absolute atomic E-state index is 11.3. The minimum absolute atomic E-state index is 0.215. The van der Waals surface area contributed by atoms with Crippen molar-refractivity contribution in [3.8, 4) is 0 Å². The maximum atomic E-state index is 11.3. The molecule has 3 aliphatic heterocycles. The minimum atomic E-state index is -4.03. The fourth-order valence-electron chi connectivity index (χ4n) is 2.64. The largest absolute Gasteiger partial charge is 0.457 e. The minimum Gasteiger partial charge on any atom is -0.457 e. The Labute approximate surface area is 121 Å². The number of esters is 1. The van der Waals surface area contributed by atoms with Gasteiger partial charge in [0.2, 0.25) is 0 Å². The summed E-state index contributed by atoms with van der Waals surface area (Å²) < 4.78 is 53.8. The molecule has 0 spiro atoms. The molecule has 0 aliphatic carbocycles. The van der Waals surface area contributed by atoms with Crippen molar-refractivity contribution in [3.63, 3.8) is 0 Å². The van der Waals surface area contributed by atoms with Crippen molar-refractivity contribution in [3.05, 3.63) is 0 Å². The maximum Gasteiger partial charge on any atom is 0.400 e. The van der Waals surface area contributed by atoms with Crippen LogP contribution < -0.4 is 0 Å². The van der Waals surface area contributed by atoms with Crippen molar-refractivity contribution < 1.29 is 40.5 Å². The Morgan fingerprint density at radius 2 is 1.95 bits per heavy atom. The van der Waals surface area contributed by atoms with E-state index in [1.54, 1.807) is 13.8 Å². The highest BCUT2D eigenvalue weighted by atomic mass is 32.3. The standard InChI is InChI=1S/C11H16O9S/c1-5(12)16-8-7(6-4-15-21(13,14)20-6)17-10-9(8)18-11(2,3)19-10/h6-10H,4H2,1-3H3/t6-,7-,8+,9-,10-/m1/s1. The van der Waals surface area contributed by atoms with Crippen LogP contribution in [0.1, 0.15) is 20.8 Å². The second kappa shape index (κ2) is 4.86. The van der Waals surface area contributed by atoms with Crippen molar-refractivity contribution >= 4 is 16.4 Å². The van der Waals surface area contributed by atoms with Gasteiger partial charge in [-0.25, -0.2) is 8.37 Å². The summed E-state index contributed by atoms with van der Waals surface area (Å²) in [5.74, 6) is -1.41. The Bertz CT molecular complexity index is 542. The Balaban J connectivity index is 1.80. The number of hydrogen-bond acceptors (Lipinski definition) is 9. The van der Waals surface area contributed by atoms with Gasteiger partial charge in [0.05, 0.1) is 6.61 Å². The second-order valence-corrected chi connectivity index (χ2v) is 6.72. The van der Waals surface area contributed by atoms with Crippen LogP contribution in [0.3, 0.4) is 0 Å². The lowest BCUT2D eigenvalue weighted by molar-refractivity contribution is -0.226. The zero-order valence-electron chi connectivity index (χ0n) is 11.7. The molecule has 0 amide bonds. The fraction of sp³-hybridized carbons (Fsp3) is 0.909. The molecule has 3 rings (SSSR count). The molecule has 0 N–H and O–H groups in total. The van der Waals surface area contributed by atoms with Crippen LogP contribution in [-0.2, 0) is 42.5 Å². The summed E-state index contributed by atoms with van der Waals surface area (Å²) in [4.78, 5) is 11.3. The van der Waals surface area contributed by atoms with Crippen LogP contribution >= 0.6 is 0 Å². The Kier molecular flexibility index (Phi) is 3.50. The summed E-state index contributed by atoms with van der Waals surface area (Å²) in [6, 6.07) is 0. The number of fused-ring (bicyclic) bond motifs is 1. The molecule has 3 heterocycles. The van der Waals surface area contributed by atoms with E-state index in [1.165, 1.54) is 6.92 Å². The molecule has 3 saturated heterocycles. The number of hydrogen-bond donors (Lipinski definition) is 0. The van der Waals surface area contributed by atoms with Gasteiger partial charge in [-0.3, -0.25) is 4.79 Å². The van der Waals surface area contributed by atoms with E-state index in [1.807, 2.05) is 0 Å². The van der Waals surface area contributed by atoms with E-state index < -0.39 is 52.9 Å². The zero-order valence-corrected chi connectivity index (χ0v) is 12.5.